The molecule has 0 N–H and O–H groups in total. The Morgan fingerprint density at radius 3 is 2.83 bits per heavy atom. The Bertz CT molecular complexity index is 583. The zero-order valence-electron chi connectivity index (χ0n) is 9.54. The van der Waals surface area contributed by atoms with Crippen LogP contribution in [-0.4, -0.2) is 21.8 Å². The number of nitro groups is 1. The van der Waals surface area contributed by atoms with Crippen molar-refractivity contribution in [2.45, 2.75) is 5.88 Å². The molecule has 0 amide bonds. The average molecular weight is 268 g/mol. The van der Waals surface area contributed by atoms with E-state index in [-0.39, 0.29) is 11.4 Å². The van der Waals surface area contributed by atoms with Gasteiger partial charge < -0.3 is 4.74 Å². The monoisotopic (exact) mass is 267 g/mol. The molecule has 2 rings (SSSR count). The molecule has 0 saturated carbocycles. The van der Waals surface area contributed by atoms with Crippen molar-refractivity contribution in [1.29, 1.82) is 0 Å². The van der Waals surface area contributed by atoms with Gasteiger partial charge in [-0.1, -0.05) is 0 Å². The normalized spacial score (nSPS) is 10.3. The van der Waals surface area contributed by atoms with Crippen LogP contribution in [0.1, 0.15) is 5.69 Å². The number of rotatable bonds is 4. The Balaban J connectivity index is 2.46. The molecule has 7 heteroatoms. The molecule has 18 heavy (non-hydrogen) atoms. The first-order valence-electron chi connectivity index (χ1n) is 5.09. The number of alkyl halides is 1. The summed E-state index contributed by atoms with van der Waals surface area (Å²) in [6.07, 6.45) is 1.70. The highest BCUT2D eigenvalue weighted by Gasteiger charge is 2.16. The average Bonchev–Trinajstić information content (AvgIpc) is 2.86. The minimum atomic E-state index is -0.492. The maximum atomic E-state index is 10.9. The van der Waals surface area contributed by atoms with Crippen molar-refractivity contribution in [3.8, 4) is 11.4 Å². The third kappa shape index (κ3) is 2.28. The van der Waals surface area contributed by atoms with Gasteiger partial charge in [0, 0.05) is 12.3 Å². The summed E-state index contributed by atoms with van der Waals surface area (Å²) in [5, 5.41) is 15.1. The molecule has 0 unspecified atom stereocenters. The van der Waals surface area contributed by atoms with E-state index in [4.69, 9.17) is 16.3 Å². The molecule has 2 aromatic rings. The van der Waals surface area contributed by atoms with Crippen molar-refractivity contribution in [3.63, 3.8) is 0 Å². The van der Waals surface area contributed by atoms with Gasteiger partial charge in [0.15, 0.2) is 5.75 Å². The SMILES string of the molecule is COc1ccc(-n2ccc(CCl)n2)cc1[N+](=O)[O-]. The van der Waals surface area contributed by atoms with Gasteiger partial charge in [0.05, 0.1) is 29.3 Å². The highest BCUT2D eigenvalue weighted by Crippen LogP contribution is 2.28. The lowest BCUT2D eigenvalue weighted by Crippen LogP contribution is -1.99. The van der Waals surface area contributed by atoms with Gasteiger partial charge in [0.2, 0.25) is 0 Å². The van der Waals surface area contributed by atoms with Gasteiger partial charge >= 0.3 is 5.69 Å². The van der Waals surface area contributed by atoms with Gasteiger partial charge in [-0.05, 0) is 18.2 Å². The summed E-state index contributed by atoms with van der Waals surface area (Å²) in [5.74, 6) is 0.513. The Kier molecular flexibility index (Phi) is 3.47. The Labute approximate surface area is 108 Å². The van der Waals surface area contributed by atoms with Gasteiger partial charge in [0.25, 0.3) is 0 Å². The molecule has 0 radical (unpaired) electrons. The summed E-state index contributed by atoms with van der Waals surface area (Å²) in [5.41, 5.74) is 1.19. The molecule has 0 aliphatic carbocycles. The smallest absolute Gasteiger partial charge is 0.313 e. The van der Waals surface area contributed by atoms with Crippen LogP contribution in [0.15, 0.2) is 30.5 Å². The van der Waals surface area contributed by atoms with Crippen molar-refractivity contribution < 1.29 is 9.66 Å². The number of ether oxygens (including phenoxy) is 1. The van der Waals surface area contributed by atoms with Gasteiger partial charge in [0.1, 0.15) is 0 Å². The molecule has 1 aromatic heterocycles. The quantitative estimate of drug-likeness (QED) is 0.485. The summed E-state index contributed by atoms with van der Waals surface area (Å²) in [7, 11) is 1.39. The van der Waals surface area contributed by atoms with Crippen LogP contribution in [0, 0.1) is 10.1 Å². The van der Waals surface area contributed by atoms with Gasteiger partial charge in [-0.15, -0.1) is 11.6 Å². The highest BCUT2D eigenvalue weighted by molar-refractivity contribution is 6.16. The van der Waals surface area contributed by atoms with Crippen LogP contribution in [-0.2, 0) is 5.88 Å². The minimum absolute atomic E-state index is 0.0991. The Hall–Kier alpha value is -2.08. The highest BCUT2D eigenvalue weighted by atomic mass is 35.5. The topological polar surface area (TPSA) is 70.2 Å². The van der Waals surface area contributed by atoms with E-state index < -0.39 is 4.92 Å². The molecule has 0 spiro atoms. The molecule has 0 atom stereocenters. The lowest BCUT2D eigenvalue weighted by Gasteiger charge is -2.04. The molecular weight excluding hydrogens is 258 g/mol. The molecule has 1 aromatic carbocycles. The van der Waals surface area contributed by atoms with E-state index in [1.165, 1.54) is 23.9 Å². The first kappa shape index (κ1) is 12.4. The van der Waals surface area contributed by atoms with Crippen molar-refractivity contribution >= 4 is 17.3 Å². The second-order valence-electron chi connectivity index (χ2n) is 3.50. The summed E-state index contributed by atoms with van der Waals surface area (Å²) >= 11 is 5.65. The Morgan fingerprint density at radius 2 is 2.28 bits per heavy atom. The molecule has 0 fully saturated rings. The van der Waals surface area contributed by atoms with Crippen LogP contribution < -0.4 is 4.74 Å². The fourth-order valence-electron chi connectivity index (χ4n) is 1.54. The van der Waals surface area contributed by atoms with Crippen LogP contribution >= 0.6 is 11.6 Å². The summed E-state index contributed by atoms with van der Waals surface area (Å²) in [4.78, 5) is 10.4. The standard InChI is InChI=1S/C11H10ClN3O3/c1-18-11-3-2-9(6-10(11)15(16)17)14-5-4-8(7-12)13-14/h2-6H,7H2,1H3. The van der Waals surface area contributed by atoms with E-state index in [1.807, 2.05) is 0 Å². The van der Waals surface area contributed by atoms with Crippen LogP contribution in [0.2, 0.25) is 0 Å². The molecular formula is C11H10ClN3O3. The molecule has 0 aliphatic rings. The van der Waals surface area contributed by atoms with Crippen LogP contribution in [0.25, 0.3) is 5.69 Å². The number of benzene rings is 1. The van der Waals surface area contributed by atoms with Crippen LogP contribution in [0.4, 0.5) is 5.69 Å². The van der Waals surface area contributed by atoms with Gasteiger partial charge in [-0.25, -0.2) is 4.68 Å². The fourth-order valence-corrected chi connectivity index (χ4v) is 1.68. The third-order valence-electron chi connectivity index (χ3n) is 2.40. The van der Waals surface area contributed by atoms with Crippen LogP contribution in [0.3, 0.4) is 0 Å². The van der Waals surface area contributed by atoms with Gasteiger partial charge in [-0.3, -0.25) is 10.1 Å². The van der Waals surface area contributed by atoms with Crippen molar-refractivity contribution in [1.82, 2.24) is 9.78 Å². The Morgan fingerprint density at radius 1 is 1.50 bits per heavy atom. The second-order valence-corrected chi connectivity index (χ2v) is 3.77. The molecule has 94 valence electrons. The first-order valence-corrected chi connectivity index (χ1v) is 5.62. The fraction of sp³-hybridized carbons (Fsp3) is 0.182. The number of halogens is 1. The maximum Gasteiger partial charge on any atom is 0.313 e. The first-order chi connectivity index (χ1) is 8.65. The lowest BCUT2D eigenvalue weighted by molar-refractivity contribution is -0.385. The minimum Gasteiger partial charge on any atom is -0.490 e. The number of nitro benzene ring substituents is 1. The number of hydrogen-bond donors (Lipinski definition) is 0. The lowest BCUT2D eigenvalue weighted by atomic mass is 10.2. The van der Waals surface area contributed by atoms with E-state index in [2.05, 4.69) is 5.10 Å². The third-order valence-corrected chi connectivity index (χ3v) is 2.68. The molecule has 0 saturated heterocycles. The summed E-state index contributed by atoms with van der Waals surface area (Å²) in [6.45, 7) is 0. The number of hydrogen-bond acceptors (Lipinski definition) is 4. The zero-order valence-corrected chi connectivity index (χ0v) is 10.3. The van der Waals surface area contributed by atoms with E-state index in [0.29, 0.717) is 17.3 Å². The maximum absolute atomic E-state index is 10.9. The molecule has 1 heterocycles. The molecule has 6 nitrogen and oxygen atoms in total. The summed E-state index contributed by atoms with van der Waals surface area (Å²) < 4.78 is 6.46. The van der Waals surface area contributed by atoms with E-state index in [0.717, 1.165) is 0 Å². The van der Waals surface area contributed by atoms with E-state index >= 15 is 0 Å². The van der Waals surface area contributed by atoms with Crippen molar-refractivity contribution in [2.75, 3.05) is 7.11 Å². The van der Waals surface area contributed by atoms with E-state index in [9.17, 15) is 10.1 Å². The second kappa shape index (κ2) is 5.05. The van der Waals surface area contributed by atoms with E-state index in [1.54, 1.807) is 18.3 Å². The van der Waals surface area contributed by atoms with Crippen molar-refractivity contribution in [3.05, 3.63) is 46.3 Å². The molecule has 0 aliphatic heterocycles. The largest absolute Gasteiger partial charge is 0.490 e. The van der Waals surface area contributed by atoms with Crippen LogP contribution in [0.5, 0.6) is 5.75 Å². The van der Waals surface area contributed by atoms with Gasteiger partial charge in [-0.2, -0.15) is 5.10 Å². The summed E-state index contributed by atoms with van der Waals surface area (Å²) in [6, 6.07) is 6.39. The van der Waals surface area contributed by atoms with Crippen molar-refractivity contribution in [2.24, 2.45) is 0 Å². The number of aromatic nitrogens is 2. The number of nitrogens with zero attached hydrogens (tertiary/aromatic N) is 3. The predicted molar refractivity (Wildman–Crippen MR) is 66.3 cm³/mol. The predicted octanol–water partition coefficient (Wildman–Crippen LogP) is 2.53. The number of methoxy groups -OCH3 is 1. The zero-order chi connectivity index (χ0) is 13.1. The molecule has 0 bridgehead atoms.